The Labute approximate surface area is 88.5 Å². The van der Waals surface area contributed by atoms with Crippen molar-refractivity contribution in [1.29, 1.82) is 0 Å². The standard InChI is InChI=1S/C12H12N2O/c13-11-6-12(8-14-7-11)15-9-10-4-2-1-3-5-10/h1-8H,9,13H2. The van der Waals surface area contributed by atoms with Crippen LogP contribution in [0.25, 0.3) is 0 Å². The van der Waals surface area contributed by atoms with E-state index in [9.17, 15) is 0 Å². The number of aromatic nitrogens is 1. The molecule has 0 aliphatic heterocycles. The molecule has 1 aromatic heterocycles. The summed E-state index contributed by atoms with van der Waals surface area (Å²) < 4.78 is 5.53. The van der Waals surface area contributed by atoms with Gasteiger partial charge in [0.2, 0.25) is 0 Å². The van der Waals surface area contributed by atoms with Crippen LogP contribution in [0.5, 0.6) is 5.75 Å². The summed E-state index contributed by atoms with van der Waals surface area (Å²) in [5, 5.41) is 0. The van der Waals surface area contributed by atoms with E-state index in [2.05, 4.69) is 4.98 Å². The van der Waals surface area contributed by atoms with Gasteiger partial charge in [-0.3, -0.25) is 4.98 Å². The van der Waals surface area contributed by atoms with Crippen molar-refractivity contribution in [2.45, 2.75) is 6.61 Å². The van der Waals surface area contributed by atoms with E-state index in [1.54, 1.807) is 18.5 Å². The quantitative estimate of drug-likeness (QED) is 0.826. The largest absolute Gasteiger partial charge is 0.487 e. The number of hydrogen-bond donors (Lipinski definition) is 1. The second-order valence-electron chi connectivity index (χ2n) is 3.23. The second kappa shape index (κ2) is 4.46. The molecule has 0 atom stereocenters. The van der Waals surface area contributed by atoms with Crippen molar-refractivity contribution >= 4 is 5.69 Å². The topological polar surface area (TPSA) is 48.1 Å². The summed E-state index contributed by atoms with van der Waals surface area (Å²) >= 11 is 0. The minimum Gasteiger partial charge on any atom is -0.487 e. The third kappa shape index (κ3) is 2.71. The maximum atomic E-state index is 5.59. The number of hydrogen-bond acceptors (Lipinski definition) is 3. The highest BCUT2D eigenvalue weighted by atomic mass is 16.5. The van der Waals surface area contributed by atoms with E-state index in [0.29, 0.717) is 18.0 Å². The summed E-state index contributed by atoms with van der Waals surface area (Å²) in [5.41, 5.74) is 7.32. The Morgan fingerprint density at radius 1 is 1.13 bits per heavy atom. The van der Waals surface area contributed by atoms with Crippen molar-refractivity contribution in [2.24, 2.45) is 0 Å². The van der Waals surface area contributed by atoms with Gasteiger partial charge in [0.1, 0.15) is 12.4 Å². The van der Waals surface area contributed by atoms with Crippen molar-refractivity contribution in [3.8, 4) is 5.75 Å². The fourth-order valence-corrected chi connectivity index (χ4v) is 1.26. The van der Waals surface area contributed by atoms with Gasteiger partial charge in [-0.2, -0.15) is 0 Å². The number of rotatable bonds is 3. The minimum atomic E-state index is 0.534. The van der Waals surface area contributed by atoms with E-state index >= 15 is 0 Å². The smallest absolute Gasteiger partial charge is 0.140 e. The molecule has 2 rings (SSSR count). The molecule has 0 bridgehead atoms. The molecule has 0 amide bonds. The van der Waals surface area contributed by atoms with Crippen molar-refractivity contribution in [3.63, 3.8) is 0 Å². The highest BCUT2D eigenvalue weighted by molar-refractivity contribution is 5.40. The number of pyridine rings is 1. The van der Waals surface area contributed by atoms with Gasteiger partial charge >= 0.3 is 0 Å². The molecular formula is C12H12N2O. The zero-order valence-electron chi connectivity index (χ0n) is 8.26. The molecule has 0 saturated carbocycles. The minimum absolute atomic E-state index is 0.534. The molecule has 0 aliphatic rings. The first-order chi connectivity index (χ1) is 7.34. The van der Waals surface area contributed by atoms with Gasteiger partial charge in [-0.15, -0.1) is 0 Å². The average Bonchev–Trinajstić information content (AvgIpc) is 2.28. The Kier molecular flexibility index (Phi) is 2.83. The van der Waals surface area contributed by atoms with Crippen molar-refractivity contribution in [1.82, 2.24) is 4.98 Å². The summed E-state index contributed by atoms with van der Waals surface area (Å²) in [6.07, 6.45) is 3.24. The first-order valence-electron chi connectivity index (χ1n) is 4.72. The summed E-state index contributed by atoms with van der Waals surface area (Å²) in [6, 6.07) is 11.7. The number of benzene rings is 1. The normalized spacial score (nSPS) is 9.87. The fraction of sp³-hybridized carbons (Fsp3) is 0.0833. The van der Waals surface area contributed by atoms with Crippen molar-refractivity contribution < 1.29 is 4.74 Å². The molecule has 3 heteroatoms. The molecule has 0 saturated heterocycles. The third-order valence-electron chi connectivity index (χ3n) is 1.98. The van der Waals surface area contributed by atoms with Crippen LogP contribution in [-0.2, 0) is 6.61 Å². The van der Waals surface area contributed by atoms with Crippen LogP contribution in [0.2, 0.25) is 0 Å². The molecule has 0 spiro atoms. The van der Waals surface area contributed by atoms with Gasteiger partial charge < -0.3 is 10.5 Å². The molecule has 0 unspecified atom stereocenters. The van der Waals surface area contributed by atoms with Gasteiger partial charge in [0.05, 0.1) is 18.1 Å². The Hall–Kier alpha value is -2.03. The van der Waals surface area contributed by atoms with Crippen LogP contribution in [0.4, 0.5) is 5.69 Å². The molecule has 2 aromatic rings. The molecule has 76 valence electrons. The molecule has 0 fully saturated rings. The lowest BCUT2D eigenvalue weighted by Crippen LogP contribution is -1.96. The van der Waals surface area contributed by atoms with Crippen LogP contribution in [0.15, 0.2) is 48.8 Å². The Morgan fingerprint density at radius 3 is 2.67 bits per heavy atom. The van der Waals surface area contributed by atoms with E-state index in [1.165, 1.54) is 0 Å². The molecule has 15 heavy (non-hydrogen) atoms. The highest BCUT2D eigenvalue weighted by Gasteiger charge is 1.96. The van der Waals surface area contributed by atoms with Gasteiger partial charge in [-0.25, -0.2) is 0 Å². The highest BCUT2D eigenvalue weighted by Crippen LogP contribution is 2.14. The van der Waals surface area contributed by atoms with Crippen LogP contribution < -0.4 is 10.5 Å². The second-order valence-corrected chi connectivity index (χ2v) is 3.23. The molecular weight excluding hydrogens is 188 g/mol. The lowest BCUT2D eigenvalue weighted by Gasteiger charge is -2.05. The van der Waals surface area contributed by atoms with Gasteiger partial charge in [-0.1, -0.05) is 30.3 Å². The number of ether oxygens (including phenoxy) is 1. The molecule has 0 aliphatic carbocycles. The average molecular weight is 200 g/mol. The Balaban J connectivity index is 1.99. The first-order valence-corrected chi connectivity index (χ1v) is 4.72. The number of nitrogen functional groups attached to an aromatic ring is 1. The molecule has 3 nitrogen and oxygen atoms in total. The fourth-order valence-electron chi connectivity index (χ4n) is 1.26. The summed E-state index contributed by atoms with van der Waals surface area (Å²) in [5.74, 6) is 0.693. The van der Waals surface area contributed by atoms with Gasteiger partial charge in [0.25, 0.3) is 0 Å². The monoisotopic (exact) mass is 200 g/mol. The van der Waals surface area contributed by atoms with Crippen molar-refractivity contribution in [2.75, 3.05) is 5.73 Å². The van der Waals surface area contributed by atoms with Crippen LogP contribution in [0.1, 0.15) is 5.56 Å². The molecule has 2 N–H and O–H groups in total. The van der Waals surface area contributed by atoms with Crippen LogP contribution in [0.3, 0.4) is 0 Å². The van der Waals surface area contributed by atoms with E-state index in [-0.39, 0.29) is 0 Å². The van der Waals surface area contributed by atoms with Crippen molar-refractivity contribution in [3.05, 3.63) is 54.4 Å². The van der Waals surface area contributed by atoms with E-state index in [4.69, 9.17) is 10.5 Å². The predicted octanol–water partition coefficient (Wildman–Crippen LogP) is 2.24. The first kappa shape index (κ1) is 9.52. The molecule has 1 heterocycles. The summed E-state index contributed by atoms with van der Waals surface area (Å²) in [6.45, 7) is 0.534. The summed E-state index contributed by atoms with van der Waals surface area (Å²) in [7, 11) is 0. The SMILES string of the molecule is Nc1cncc(OCc2ccccc2)c1. The predicted molar refractivity (Wildman–Crippen MR) is 59.4 cm³/mol. The Bertz CT molecular complexity index is 429. The molecule has 1 aromatic carbocycles. The van der Waals surface area contributed by atoms with Gasteiger partial charge in [0, 0.05) is 6.07 Å². The van der Waals surface area contributed by atoms with E-state index in [1.807, 2.05) is 30.3 Å². The van der Waals surface area contributed by atoms with Crippen LogP contribution in [0, 0.1) is 0 Å². The number of nitrogens with zero attached hydrogens (tertiary/aromatic N) is 1. The number of nitrogens with two attached hydrogens (primary N) is 1. The lowest BCUT2D eigenvalue weighted by atomic mass is 10.2. The van der Waals surface area contributed by atoms with Crippen LogP contribution >= 0.6 is 0 Å². The van der Waals surface area contributed by atoms with Gasteiger partial charge in [-0.05, 0) is 5.56 Å². The zero-order valence-corrected chi connectivity index (χ0v) is 8.26. The van der Waals surface area contributed by atoms with E-state index in [0.717, 1.165) is 5.56 Å². The van der Waals surface area contributed by atoms with E-state index < -0.39 is 0 Å². The number of anilines is 1. The van der Waals surface area contributed by atoms with Gasteiger partial charge in [0.15, 0.2) is 0 Å². The zero-order chi connectivity index (χ0) is 10.5. The lowest BCUT2D eigenvalue weighted by molar-refractivity contribution is 0.305. The maximum Gasteiger partial charge on any atom is 0.140 e. The Morgan fingerprint density at radius 2 is 1.93 bits per heavy atom. The summed E-state index contributed by atoms with van der Waals surface area (Å²) in [4.78, 5) is 3.95. The van der Waals surface area contributed by atoms with Crippen LogP contribution in [-0.4, -0.2) is 4.98 Å². The third-order valence-corrected chi connectivity index (χ3v) is 1.98. The molecule has 0 radical (unpaired) electrons. The maximum absolute atomic E-state index is 5.59.